The molecule has 2 rings (SSSR count). The molecule has 0 aliphatic heterocycles. The lowest BCUT2D eigenvalue weighted by atomic mass is 9.99. The monoisotopic (exact) mass is 303 g/mol. The molecule has 2 aromatic rings. The molecule has 0 aliphatic carbocycles. The molecular weight excluding hydrogens is 286 g/mol. The Kier molecular flexibility index (Phi) is 4.75. The number of carbonyl (C=O) groups excluding carboxylic acids is 1. The van der Waals surface area contributed by atoms with E-state index in [0.717, 1.165) is 18.2 Å². The van der Waals surface area contributed by atoms with Crippen LogP contribution in [0, 0.1) is 0 Å². The van der Waals surface area contributed by atoms with Crippen molar-refractivity contribution in [1.29, 1.82) is 0 Å². The Hall–Kier alpha value is -2.14. The van der Waals surface area contributed by atoms with Gasteiger partial charge < -0.3 is 0 Å². The van der Waals surface area contributed by atoms with Crippen LogP contribution in [-0.2, 0) is 22.9 Å². The number of amides is 1. The van der Waals surface area contributed by atoms with Gasteiger partial charge in [-0.15, -0.1) is 0 Å². The molecule has 0 aliphatic rings. The summed E-state index contributed by atoms with van der Waals surface area (Å²) in [7, 11) is -3.55. The molecule has 0 unspecified atom stereocenters. The summed E-state index contributed by atoms with van der Waals surface area (Å²) in [5.41, 5.74) is 2.41. The van der Waals surface area contributed by atoms with Gasteiger partial charge in [0.1, 0.15) is 0 Å². The quantitative estimate of drug-likeness (QED) is 0.920. The largest absolute Gasteiger partial charge is 0.268 e. The van der Waals surface area contributed by atoms with Crippen LogP contribution < -0.4 is 4.72 Å². The van der Waals surface area contributed by atoms with Crippen molar-refractivity contribution in [2.24, 2.45) is 0 Å². The molecule has 4 nitrogen and oxygen atoms in total. The van der Waals surface area contributed by atoms with Crippen molar-refractivity contribution in [3.05, 3.63) is 71.3 Å². The maximum Gasteiger partial charge on any atom is 0.264 e. The second kappa shape index (κ2) is 6.54. The molecule has 2 aromatic carbocycles. The minimum atomic E-state index is -3.55. The van der Waals surface area contributed by atoms with Crippen molar-refractivity contribution in [3.8, 4) is 0 Å². The van der Waals surface area contributed by atoms with Crippen molar-refractivity contribution in [3.63, 3.8) is 0 Å². The van der Waals surface area contributed by atoms with Gasteiger partial charge in [-0.3, -0.25) is 4.79 Å². The zero-order valence-electron chi connectivity index (χ0n) is 11.7. The predicted octanol–water partition coefficient (Wildman–Crippen LogP) is 2.16. The standard InChI is InChI=1S/C16H17NO3S/c1-21(19,20)17-16(18)15-10-6-5-9-14(15)12-11-13-7-3-2-4-8-13/h2-10H,11-12H2,1H3,(H,17,18). The second-order valence-electron chi connectivity index (χ2n) is 4.85. The first-order valence-corrected chi connectivity index (χ1v) is 8.49. The minimum absolute atomic E-state index is 0.402. The number of aryl methyl sites for hydroxylation is 2. The lowest BCUT2D eigenvalue weighted by Crippen LogP contribution is -2.30. The maximum atomic E-state index is 12.0. The van der Waals surface area contributed by atoms with Crippen LogP contribution in [0.1, 0.15) is 21.5 Å². The van der Waals surface area contributed by atoms with Crippen molar-refractivity contribution in [2.45, 2.75) is 12.8 Å². The summed E-state index contributed by atoms with van der Waals surface area (Å²) in [6.45, 7) is 0. The van der Waals surface area contributed by atoms with Crippen molar-refractivity contribution in [2.75, 3.05) is 6.26 Å². The molecule has 0 saturated heterocycles. The maximum absolute atomic E-state index is 12.0. The van der Waals surface area contributed by atoms with Gasteiger partial charge in [0, 0.05) is 5.56 Å². The average molecular weight is 303 g/mol. The Labute approximate surface area is 124 Å². The van der Waals surface area contributed by atoms with Gasteiger partial charge in [0.25, 0.3) is 5.91 Å². The predicted molar refractivity (Wildman–Crippen MR) is 82.6 cm³/mol. The van der Waals surface area contributed by atoms with E-state index in [1.807, 2.05) is 47.2 Å². The summed E-state index contributed by atoms with van der Waals surface area (Å²) < 4.78 is 24.4. The third-order valence-corrected chi connectivity index (χ3v) is 3.62. The molecule has 0 heterocycles. The lowest BCUT2D eigenvalue weighted by molar-refractivity contribution is 0.0980. The molecule has 0 spiro atoms. The number of hydrogen-bond donors (Lipinski definition) is 1. The molecule has 110 valence electrons. The molecule has 0 bridgehead atoms. The Morgan fingerprint density at radius 2 is 1.57 bits per heavy atom. The smallest absolute Gasteiger partial charge is 0.264 e. The Bertz CT molecular complexity index is 724. The fourth-order valence-corrected chi connectivity index (χ4v) is 2.55. The van der Waals surface area contributed by atoms with Crippen LogP contribution in [0.15, 0.2) is 54.6 Å². The normalized spacial score (nSPS) is 11.1. The third-order valence-electron chi connectivity index (χ3n) is 3.07. The fourth-order valence-electron chi connectivity index (χ4n) is 2.11. The summed E-state index contributed by atoms with van der Waals surface area (Å²) in [4.78, 5) is 12.0. The first-order valence-electron chi connectivity index (χ1n) is 6.59. The van der Waals surface area contributed by atoms with Gasteiger partial charge in [-0.25, -0.2) is 13.1 Å². The van der Waals surface area contributed by atoms with Crippen LogP contribution >= 0.6 is 0 Å². The van der Waals surface area contributed by atoms with Gasteiger partial charge in [-0.2, -0.15) is 0 Å². The number of rotatable bonds is 5. The molecule has 0 aromatic heterocycles. The summed E-state index contributed by atoms with van der Waals surface area (Å²) in [6.07, 6.45) is 2.44. The van der Waals surface area contributed by atoms with E-state index in [9.17, 15) is 13.2 Å². The van der Waals surface area contributed by atoms with Crippen LogP contribution in [0.4, 0.5) is 0 Å². The van der Waals surface area contributed by atoms with E-state index >= 15 is 0 Å². The van der Waals surface area contributed by atoms with Crippen LogP contribution in [0.3, 0.4) is 0 Å². The van der Waals surface area contributed by atoms with Gasteiger partial charge in [-0.05, 0) is 30.0 Å². The molecule has 0 radical (unpaired) electrons. The van der Waals surface area contributed by atoms with Crippen LogP contribution in [0.2, 0.25) is 0 Å². The van der Waals surface area contributed by atoms with Crippen molar-refractivity contribution >= 4 is 15.9 Å². The highest BCUT2D eigenvalue weighted by Gasteiger charge is 2.14. The Morgan fingerprint density at radius 1 is 0.952 bits per heavy atom. The number of nitrogens with one attached hydrogen (secondary N) is 1. The van der Waals surface area contributed by atoms with Crippen molar-refractivity contribution in [1.82, 2.24) is 4.72 Å². The first-order chi connectivity index (χ1) is 9.96. The first kappa shape index (κ1) is 15.3. The van der Waals surface area contributed by atoms with Gasteiger partial charge in [0.15, 0.2) is 0 Å². The molecular formula is C16H17NO3S. The fraction of sp³-hybridized carbons (Fsp3) is 0.188. The number of benzene rings is 2. The Morgan fingerprint density at radius 3 is 2.24 bits per heavy atom. The van der Waals surface area contributed by atoms with Gasteiger partial charge >= 0.3 is 0 Å². The van der Waals surface area contributed by atoms with Gasteiger partial charge in [-0.1, -0.05) is 48.5 Å². The summed E-state index contributed by atoms with van der Waals surface area (Å²) in [6, 6.07) is 17.0. The summed E-state index contributed by atoms with van der Waals surface area (Å²) >= 11 is 0. The number of sulfonamides is 1. The average Bonchev–Trinajstić information content (AvgIpc) is 2.45. The Balaban J connectivity index is 2.15. The van der Waals surface area contributed by atoms with Gasteiger partial charge in [0.05, 0.1) is 6.26 Å². The van der Waals surface area contributed by atoms with E-state index in [1.54, 1.807) is 12.1 Å². The lowest BCUT2D eigenvalue weighted by Gasteiger charge is -2.09. The van der Waals surface area contributed by atoms with Crippen LogP contribution in [0.25, 0.3) is 0 Å². The number of hydrogen-bond acceptors (Lipinski definition) is 3. The molecule has 1 amide bonds. The topological polar surface area (TPSA) is 63.2 Å². The zero-order valence-corrected chi connectivity index (χ0v) is 12.6. The van der Waals surface area contributed by atoms with E-state index in [2.05, 4.69) is 0 Å². The second-order valence-corrected chi connectivity index (χ2v) is 6.59. The van der Waals surface area contributed by atoms with E-state index < -0.39 is 15.9 Å². The zero-order chi connectivity index (χ0) is 15.3. The van der Waals surface area contributed by atoms with E-state index in [4.69, 9.17) is 0 Å². The molecule has 21 heavy (non-hydrogen) atoms. The molecule has 1 N–H and O–H groups in total. The third kappa shape index (κ3) is 4.72. The highest BCUT2D eigenvalue weighted by molar-refractivity contribution is 7.89. The van der Waals surface area contributed by atoms with Crippen LogP contribution in [-0.4, -0.2) is 20.6 Å². The molecule has 0 fully saturated rings. The van der Waals surface area contributed by atoms with Crippen LogP contribution in [0.5, 0.6) is 0 Å². The van der Waals surface area contributed by atoms with Gasteiger partial charge in [0.2, 0.25) is 10.0 Å². The molecule has 0 saturated carbocycles. The van der Waals surface area contributed by atoms with E-state index in [-0.39, 0.29) is 0 Å². The van der Waals surface area contributed by atoms with E-state index in [0.29, 0.717) is 12.0 Å². The summed E-state index contributed by atoms with van der Waals surface area (Å²) in [5, 5.41) is 0. The molecule has 0 atom stereocenters. The van der Waals surface area contributed by atoms with Crippen molar-refractivity contribution < 1.29 is 13.2 Å². The highest BCUT2D eigenvalue weighted by atomic mass is 32.2. The number of carbonyl (C=O) groups is 1. The van der Waals surface area contributed by atoms with E-state index in [1.165, 1.54) is 5.56 Å². The summed E-state index contributed by atoms with van der Waals surface area (Å²) in [5.74, 6) is -0.582. The minimum Gasteiger partial charge on any atom is -0.268 e. The molecule has 5 heteroatoms. The SMILES string of the molecule is CS(=O)(=O)NC(=O)c1ccccc1CCc1ccccc1. The highest BCUT2D eigenvalue weighted by Crippen LogP contribution is 2.13.